The quantitative estimate of drug-likeness (QED) is 0.618. The molecule has 0 radical (unpaired) electrons. The maximum atomic E-state index is 8.76. The monoisotopic (exact) mass is 157 g/mol. The van der Waals surface area contributed by atoms with Crippen LogP contribution in [-0.2, 0) is 0 Å². The standard InChI is InChI=1S/C9H7N3/c10-4-7-2-1-3-8-5-11-6-12-9(7)8/h1-3,5,12H,6H2. The second-order valence-corrected chi connectivity index (χ2v) is 2.53. The van der Waals surface area contributed by atoms with Crippen LogP contribution in [0.15, 0.2) is 23.2 Å². The van der Waals surface area contributed by atoms with Gasteiger partial charge in [0.2, 0.25) is 0 Å². The fourth-order valence-electron chi connectivity index (χ4n) is 1.24. The molecule has 0 atom stereocenters. The maximum absolute atomic E-state index is 8.76. The third kappa shape index (κ3) is 0.940. The predicted molar refractivity (Wildman–Crippen MR) is 47.2 cm³/mol. The normalized spacial score (nSPS) is 12.9. The molecule has 1 heterocycles. The van der Waals surface area contributed by atoms with Crippen molar-refractivity contribution in [3.63, 3.8) is 0 Å². The molecular weight excluding hydrogens is 150 g/mol. The second-order valence-electron chi connectivity index (χ2n) is 2.53. The zero-order chi connectivity index (χ0) is 8.39. The number of nitriles is 1. The van der Waals surface area contributed by atoms with Gasteiger partial charge in [-0.05, 0) is 6.07 Å². The molecule has 0 bridgehead atoms. The van der Waals surface area contributed by atoms with E-state index < -0.39 is 0 Å². The van der Waals surface area contributed by atoms with Crippen LogP contribution in [0, 0.1) is 11.3 Å². The van der Waals surface area contributed by atoms with Gasteiger partial charge in [0.15, 0.2) is 0 Å². The molecule has 1 aliphatic heterocycles. The van der Waals surface area contributed by atoms with E-state index in [0.717, 1.165) is 11.3 Å². The molecule has 0 saturated carbocycles. The molecule has 3 heteroatoms. The molecule has 1 aromatic carbocycles. The average Bonchev–Trinajstić information content (AvgIpc) is 2.17. The Morgan fingerprint density at radius 2 is 2.42 bits per heavy atom. The molecule has 0 saturated heterocycles. The van der Waals surface area contributed by atoms with Crippen LogP contribution in [0.25, 0.3) is 0 Å². The second kappa shape index (κ2) is 2.67. The first kappa shape index (κ1) is 6.86. The van der Waals surface area contributed by atoms with Crippen molar-refractivity contribution < 1.29 is 0 Å². The Bertz CT molecular complexity index is 374. The molecule has 2 rings (SSSR count). The SMILES string of the molecule is N#Cc1cccc2c1NCN=C2. The molecular formula is C9H7N3. The van der Waals surface area contributed by atoms with Gasteiger partial charge in [0.25, 0.3) is 0 Å². The first-order valence-electron chi connectivity index (χ1n) is 3.68. The van der Waals surface area contributed by atoms with Crippen molar-refractivity contribution >= 4 is 11.9 Å². The van der Waals surface area contributed by atoms with E-state index in [4.69, 9.17) is 5.26 Å². The summed E-state index contributed by atoms with van der Waals surface area (Å²) in [6.45, 7) is 0.561. The first-order chi connectivity index (χ1) is 5.92. The minimum Gasteiger partial charge on any atom is -0.365 e. The highest BCUT2D eigenvalue weighted by Gasteiger charge is 2.07. The third-order valence-electron chi connectivity index (χ3n) is 1.79. The summed E-state index contributed by atoms with van der Waals surface area (Å²) < 4.78 is 0. The first-order valence-corrected chi connectivity index (χ1v) is 3.68. The van der Waals surface area contributed by atoms with Crippen molar-refractivity contribution in [1.29, 1.82) is 5.26 Å². The summed E-state index contributed by atoms with van der Waals surface area (Å²) >= 11 is 0. The van der Waals surface area contributed by atoms with E-state index in [1.165, 1.54) is 0 Å². The maximum Gasteiger partial charge on any atom is 0.107 e. The molecule has 3 nitrogen and oxygen atoms in total. The van der Waals surface area contributed by atoms with Crippen LogP contribution < -0.4 is 5.32 Å². The number of aliphatic imine (C=N–C) groups is 1. The minimum atomic E-state index is 0.561. The van der Waals surface area contributed by atoms with Gasteiger partial charge in [-0.1, -0.05) is 12.1 Å². The van der Waals surface area contributed by atoms with Gasteiger partial charge in [-0.15, -0.1) is 0 Å². The Hall–Kier alpha value is -1.82. The van der Waals surface area contributed by atoms with Crippen LogP contribution >= 0.6 is 0 Å². The summed E-state index contributed by atoms with van der Waals surface area (Å²) in [5, 5.41) is 11.8. The molecule has 0 unspecified atom stereocenters. The fraction of sp³-hybridized carbons (Fsp3) is 0.111. The van der Waals surface area contributed by atoms with E-state index in [1.807, 2.05) is 12.1 Å². The van der Waals surface area contributed by atoms with E-state index in [2.05, 4.69) is 16.4 Å². The van der Waals surface area contributed by atoms with E-state index in [1.54, 1.807) is 12.3 Å². The molecule has 0 aromatic heterocycles. The number of nitrogens with zero attached hydrogens (tertiary/aromatic N) is 2. The number of para-hydroxylation sites is 1. The fourth-order valence-corrected chi connectivity index (χ4v) is 1.24. The highest BCUT2D eigenvalue weighted by atomic mass is 15.0. The van der Waals surface area contributed by atoms with Crippen molar-refractivity contribution in [3.05, 3.63) is 29.3 Å². The van der Waals surface area contributed by atoms with Crippen LogP contribution in [0.1, 0.15) is 11.1 Å². The number of fused-ring (bicyclic) bond motifs is 1. The lowest BCUT2D eigenvalue weighted by Gasteiger charge is -2.12. The molecule has 0 amide bonds. The van der Waals surface area contributed by atoms with Crippen molar-refractivity contribution in [1.82, 2.24) is 0 Å². The van der Waals surface area contributed by atoms with Crippen LogP contribution in [-0.4, -0.2) is 12.9 Å². The Balaban J connectivity index is 2.63. The lowest BCUT2D eigenvalue weighted by atomic mass is 10.1. The van der Waals surface area contributed by atoms with Gasteiger partial charge >= 0.3 is 0 Å². The number of hydrogen-bond donors (Lipinski definition) is 1. The highest BCUT2D eigenvalue weighted by molar-refractivity contribution is 5.91. The Kier molecular flexibility index (Phi) is 1.52. The van der Waals surface area contributed by atoms with Crippen molar-refractivity contribution in [2.45, 2.75) is 0 Å². The van der Waals surface area contributed by atoms with Gasteiger partial charge in [0, 0.05) is 11.8 Å². The summed E-state index contributed by atoms with van der Waals surface area (Å²) in [6, 6.07) is 7.72. The Labute approximate surface area is 70.4 Å². The molecule has 1 aromatic rings. The smallest absolute Gasteiger partial charge is 0.107 e. The van der Waals surface area contributed by atoms with E-state index in [0.29, 0.717) is 12.2 Å². The summed E-state index contributed by atoms with van der Waals surface area (Å²) in [5.74, 6) is 0. The average molecular weight is 157 g/mol. The molecule has 0 spiro atoms. The summed E-state index contributed by atoms with van der Waals surface area (Å²) in [7, 11) is 0. The lowest BCUT2D eigenvalue weighted by Crippen LogP contribution is -2.09. The van der Waals surface area contributed by atoms with E-state index >= 15 is 0 Å². The van der Waals surface area contributed by atoms with Crippen LogP contribution in [0.5, 0.6) is 0 Å². The van der Waals surface area contributed by atoms with E-state index in [-0.39, 0.29) is 0 Å². The Morgan fingerprint density at radius 3 is 3.25 bits per heavy atom. The summed E-state index contributed by atoms with van der Waals surface area (Å²) in [4.78, 5) is 4.05. The number of rotatable bonds is 0. The van der Waals surface area contributed by atoms with Gasteiger partial charge in [-0.3, -0.25) is 4.99 Å². The summed E-state index contributed by atoms with van der Waals surface area (Å²) in [6.07, 6.45) is 1.78. The minimum absolute atomic E-state index is 0.561. The molecule has 0 aliphatic carbocycles. The molecule has 58 valence electrons. The summed E-state index contributed by atoms with van der Waals surface area (Å²) in [5.41, 5.74) is 2.56. The van der Waals surface area contributed by atoms with Gasteiger partial charge in [-0.2, -0.15) is 5.26 Å². The topological polar surface area (TPSA) is 48.2 Å². The molecule has 0 fully saturated rings. The largest absolute Gasteiger partial charge is 0.365 e. The zero-order valence-electron chi connectivity index (χ0n) is 6.41. The number of nitrogens with one attached hydrogen (secondary N) is 1. The van der Waals surface area contributed by atoms with Crippen LogP contribution in [0.3, 0.4) is 0 Å². The predicted octanol–water partition coefficient (Wildman–Crippen LogP) is 1.36. The number of anilines is 1. The lowest BCUT2D eigenvalue weighted by molar-refractivity contribution is 1.12. The van der Waals surface area contributed by atoms with Gasteiger partial charge in [-0.25, -0.2) is 0 Å². The van der Waals surface area contributed by atoms with Crippen LogP contribution in [0.4, 0.5) is 5.69 Å². The molecule has 12 heavy (non-hydrogen) atoms. The number of hydrogen-bond acceptors (Lipinski definition) is 3. The Morgan fingerprint density at radius 1 is 1.50 bits per heavy atom. The van der Waals surface area contributed by atoms with Crippen molar-refractivity contribution in [2.24, 2.45) is 4.99 Å². The van der Waals surface area contributed by atoms with E-state index in [9.17, 15) is 0 Å². The van der Waals surface area contributed by atoms with Gasteiger partial charge < -0.3 is 5.32 Å². The van der Waals surface area contributed by atoms with Crippen LogP contribution in [0.2, 0.25) is 0 Å². The molecule has 1 N–H and O–H groups in total. The van der Waals surface area contributed by atoms with Crippen molar-refractivity contribution in [2.75, 3.05) is 12.0 Å². The van der Waals surface area contributed by atoms with Gasteiger partial charge in [0.1, 0.15) is 12.7 Å². The van der Waals surface area contributed by atoms with Gasteiger partial charge in [0.05, 0.1) is 11.3 Å². The third-order valence-corrected chi connectivity index (χ3v) is 1.79. The zero-order valence-corrected chi connectivity index (χ0v) is 6.41. The number of benzene rings is 1. The van der Waals surface area contributed by atoms with Crippen molar-refractivity contribution in [3.8, 4) is 6.07 Å². The molecule has 1 aliphatic rings. The highest BCUT2D eigenvalue weighted by Crippen LogP contribution is 2.20.